The monoisotopic (exact) mass is 303 g/mol. The third kappa shape index (κ3) is 2.99. The number of benzene rings is 2. The molecule has 92 valence electrons. The molecule has 18 heavy (non-hydrogen) atoms. The fourth-order valence-corrected chi connectivity index (χ4v) is 2.17. The second-order valence-corrected chi connectivity index (χ2v) is 4.79. The number of ether oxygens (including phenoxy) is 1. The minimum Gasteiger partial charge on any atom is -0.496 e. The molecule has 0 unspecified atom stereocenters. The summed E-state index contributed by atoms with van der Waals surface area (Å²) in [7, 11) is 1.65. The maximum Gasteiger partial charge on any atom is 0.133 e. The van der Waals surface area contributed by atoms with Crippen LogP contribution in [0.1, 0.15) is 11.1 Å². The van der Waals surface area contributed by atoms with Crippen LogP contribution in [0.3, 0.4) is 0 Å². The SMILES string of the molecule is COc1ccc(C=Nc2ccccc2C)cc1Br. The lowest BCUT2D eigenvalue weighted by Crippen LogP contribution is -1.87. The van der Waals surface area contributed by atoms with Crippen LogP contribution in [-0.2, 0) is 0 Å². The summed E-state index contributed by atoms with van der Waals surface area (Å²) in [4.78, 5) is 4.49. The summed E-state index contributed by atoms with van der Waals surface area (Å²) < 4.78 is 6.12. The highest BCUT2D eigenvalue weighted by Crippen LogP contribution is 2.25. The Kier molecular flexibility index (Phi) is 4.15. The number of halogens is 1. The molecule has 2 rings (SSSR count). The van der Waals surface area contributed by atoms with E-state index in [-0.39, 0.29) is 0 Å². The van der Waals surface area contributed by atoms with Crippen LogP contribution in [0.15, 0.2) is 51.9 Å². The molecule has 0 saturated carbocycles. The Labute approximate surface area is 115 Å². The number of para-hydroxylation sites is 1. The molecule has 0 spiro atoms. The van der Waals surface area contributed by atoms with Gasteiger partial charge in [0, 0.05) is 6.21 Å². The zero-order chi connectivity index (χ0) is 13.0. The van der Waals surface area contributed by atoms with Gasteiger partial charge >= 0.3 is 0 Å². The van der Waals surface area contributed by atoms with Gasteiger partial charge in [0.2, 0.25) is 0 Å². The van der Waals surface area contributed by atoms with Crippen molar-refractivity contribution < 1.29 is 4.74 Å². The normalized spacial score (nSPS) is 10.8. The molecule has 0 atom stereocenters. The Morgan fingerprint density at radius 1 is 1.17 bits per heavy atom. The van der Waals surface area contributed by atoms with Crippen molar-refractivity contribution in [2.45, 2.75) is 6.92 Å². The van der Waals surface area contributed by atoms with Crippen LogP contribution in [0, 0.1) is 6.92 Å². The number of nitrogens with zero attached hydrogens (tertiary/aromatic N) is 1. The molecule has 0 aliphatic carbocycles. The maximum absolute atomic E-state index is 5.19. The summed E-state index contributed by atoms with van der Waals surface area (Å²) in [6, 6.07) is 13.9. The Balaban J connectivity index is 2.24. The fraction of sp³-hybridized carbons (Fsp3) is 0.133. The second kappa shape index (κ2) is 5.83. The van der Waals surface area contributed by atoms with Gasteiger partial charge in [-0.2, -0.15) is 0 Å². The third-order valence-electron chi connectivity index (χ3n) is 2.64. The van der Waals surface area contributed by atoms with Crippen molar-refractivity contribution >= 4 is 27.8 Å². The van der Waals surface area contributed by atoms with E-state index in [9.17, 15) is 0 Å². The molecule has 3 heteroatoms. The number of methoxy groups -OCH3 is 1. The number of aliphatic imine (C=N–C) groups is 1. The van der Waals surface area contributed by atoms with E-state index in [4.69, 9.17) is 4.74 Å². The lowest BCUT2D eigenvalue weighted by Gasteiger charge is -2.03. The van der Waals surface area contributed by atoms with Crippen molar-refractivity contribution in [2.75, 3.05) is 7.11 Å². The van der Waals surface area contributed by atoms with Crippen LogP contribution in [0.2, 0.25) is 0 Å². The molecule has 0 aliphatic heterocycles. The first-order valence-corrected chi connectivity index (χ1v) is 6.43. The summed E-state index contributed by atoms with van der Waals surface area (Å²) in [6.07, 6.45) is 1.85. The zero-order valence-corrected chi connectivity index (χ0v) is 11.9. The van der Waals surface area contributed by atoms with Crippen LogP contribution in [0.5, 0.6) is 5.75 Å². The highest BCUT2D eigenvalue weighted by atomic mass is 79.9. The van der Waals surface area contributed by atoms with Gasteiger partial charge in [0.05, 0.1) is 17.3 Å². The van der Waals surface area contributed by atoms with E-state index in [0.29, 0.717) is 0 Å². The molecular weight excluding hydrogens is 290 g/mol. The van der Waals surface area contributed by atoms with Crippen molar-refractivity contribution in [1.82, 2.24) is 0 Å². The van der Waals surface area contributed by atoms with Gasteiger partial charge in [0.1, 0.15) is 5.75 Å². The molecule has 0 saturated heterocycles. The second-order valence-electron chi connectivity index (χ2n) is 3.94. The summed E-state index contributed by atoms with van der Waals surface area (Å²) in [5.41, 5.74) is 3.19. The molecular formula is C15H14BrNO. The van der Waals surface area contributed by atoms with Crippen molar-refractivity contribution in [1.29, 1.82) is 0 Å². The largest absolute Gasteiger partial charge is 0.496 e. The first-order valence-electron chi connectivity index (χ1n) is 5.64. The Morgan fingerprint density at radius 2 is 1.94 bits per heavy atom. The lowest BCUT2D eigenvalue weighted by atomic mass is 10.2. The van der Waals surface area contributed by atoms with Gasteiger partial charge in [0.25, 0.3) is 0 Å². The van der Waals surface area contributed by atoms with Gasteiger partial charge in [-0.05, 0) is 58.2 Å². The van der Waals surface area contributed by atoms with Gasteiger partial charge in [-0.15, -0.1) is 0 Å². The standard InChI is InChI=1S/C15H14BrNO/c1-11-5-3-4-6-14(11)17-10-12-7-8-15(18-2)13(16)9-12/h3-10H,1-2H3. The van der Waals surface area contributed by atoms with Crippen LogP contribution in [-0.4, -0.2) is 13.3 Å². The molecule has 0 aliphatic rings. The summed E-state index contributed by atoms with van der Waals surface area (Å²) >= 11 is 3.46. The Hall–Kier alpha value is -1.61. The van der Waals surface area contributed by atoms with E-state index < -0.39 is 0 Å². The average molecular weight is 304 g/mol. The highest BCUT2D eigenvalue weighted by Gasteiger charge is 1.99. The maximum atomic E-state index is 5.19. The lowest BCUT2D eigenvalue weighted by molar-refractivity contribution is 0.412. The molecule has 0 aromatic heterocycles. The van der Waals surface area contributed by atoms with Crippen LogP contribution in [0.4, 0.5) is 5.69 Å². The number of hydrogen-bond donors (Lipinski definition) is 0. The van der Waals surface area contributed by atoms with Gasteiger partial charge in [-0.25, -0.2) is 0 Å². The Morgan fingerprint density at radius 3 is 2.61 bits per heavy atom. The fourth-order valence-electron chi connectivity index (χ4n) is 1.62. The van der Waals surface area contributed by atoms with Crippen LogP contribution in [0.25, 0.3) is 0 Å². The quantitative estimate of drug-likeness (QED) is 0.764. The van der Waals surface area contributed by atoms with Crippen molar-refractivity contribution in [3.05, 3.63) is 58.1 Å². The summed E-state index contributed by atoms with van der Waals surface area (Å²) in [5, 5.41) is 0. The molecule has 0 radical (unpaired) electrons. The molecule has 2 nitrogen and oxygen atoms in total. The van der Waals surface area contributed by atoms with Gasteiger partial charge in [-0.3, -0.25) is 4.99 Å². The first-order chi connectivity index (χ1) is 8.70. The molecule has 0 N–H and O–H groups in total. The predicted molar refractivity (Wildman–Crippen MR) is 79.1 cm³/mol. The summed E-state index contributed by atoms with van der Waals surface area (Å²) in [6.45, 7) is 2.05. The topological polar surface area (TPSA) is 21.6 Å². The van der Waals surface area contributed by atoms with Crippen molar-refractivity contribution in [2.24, 2.45) is 4.99 Å². The van der Waals surface area contributed by atoms with Crippen molar-refractivity contribution in [3.8, 4) is 5.75 Å². The van der Waals surface area contributed by atoms with Crippen LogP contribution < -0.4 is 4.74 Å². The van der Waals surface area contributed by atoms with E-state index in [1.54, 1.807) is 7.11 Å². The first kappa shape index (κ1) is 12.8. The smallest absolute Gasteiger partial charge is 0.133 e. The zero-order valence-electron chi connectivity index (χ0n) is 10.4. The van der Waals surface area contributed by atoms with Gasteiger partial charge in [0.15, 0.2) is 0 Å². The van der Waals surface area contributed by atoms with Gasteiger partial charge < -0.3 is 4.74 Å². The predicted octanol–water partition coefficient (Wildman–Crippen LogP) is 4.52. The van der Waals surface area contributed by atoms with Crippen molar-refractivity contribution in [3.63, 3.8) is 0 Å². The van der Waals surface area contributed by atoms with Gasteiger partial charge in [-0.1, -0.05) is 18.2 Å². The Bertz CT molecular complexity index is 578. The molecule has 0 fully saturated rings. The number of aryl methyl sites for hydroxylation is 1. The number of hydrogen-bond acceptors (Lipinski definition) is 2. The average Bonchev–Trinajstić information content (AvgIpc) is 2.38. The molecule has 0 heterocycles. The summed E-state index contributed by atoms with van der Waals surface area (Å²) in [5.74, 6) is 0.822. The molecule has 2 aromatic rings. The van der Waals surface area contributed by atoms with E-state index in [0.717, 1.165) is 21.5 Å². The third-order valence-corrected chi connectivity index (χ3v) is 3.26. The van der Waals surface area contributed by atoms with Crippen LogP contribution >= 0.6 is 15.9 Å². The molecule has 0 amide bonds. The molecule has 0 bridgehead atoms. The van der Waals surface area contributed by atoms with E-state index in [1.165, 1.54) is 5.56 Å². The van der Waals surface area contributed by atoms with E-state index in [1.807, 2.05) is 42.6 Å². The minimum atomic E-state index is 0.822. The van der Waals surface area contributed by atoms with E-state index >= 15 is 0 Å². The highest BCUT2D eigenvalue weighted by molar-refractivity contribution is 9.10. The minimum absolute atomic E-state index is 0.822. The molecule has 2 aromatic carbocycles. The van der Waals surface area contributed by atoms with E-state index in [2.05, 4.69) is 33.9 Å². The number of rotatable bonds is 3.